The molecule has 1 aromatic carbocycles. The van der Waals surface area contributed by atoms with Crippen LogP contribution in [0.1, 0.15) is 12.0 Å². The second-order valence-electron chi connectivity index (χ2n) is 4.71. The minimum atomic E-state index is -1.19. The van der Waals surface area contributed by atoms with E-state index in [1.807, 2.05) is 0 Å². The van der Waals surface area contributed by atoms with E-state index >= 15 is 0 Å². The summed E-state index contributed by atoms with van der Waals surface area (Å²) in [4.78, 5) is 24.1. The van der Waals surface area contributed by atoms with Crippen LogP contribution in [-0.2, 0) is 16.0 Å². The second-order valence-corrected chi connectivity index (χ2v) is 4.71. The minimum absolute atomic E-state index is 0.0289. The Morgan fingerprint density at radius 2 is 2.00 bits per heavy atom. The van der Waals surface area contributed by atoms with Gasteiger partial charge in [-0.25, -0.2) is 13.6 Å². The van der Waals surface area contributed by atoms with Crippen LogP contribution < -0.4 is 0 Å². The molecule has 0 unspecified atom stereocenters. The fraction of sp³-hybridized carbons (Fsp3) is 0.385. The summed E-state index contributed by atoms with van der Waals surface area (Å²) in [7, 11) is 0. The number of carbonyl (C=O) groups is 2. The number of likely N-dealkylation sites (tertiary alicyclic amines) is 1. The van der Waals surface area contributed by atoms with Gasteiger partial charge < -0.3 is 15.1 Å². The molecule has 0 aliphatic carbocycles. The first-order valence-electron chi connectivity index (χ1n) is 6.02. The molecule has 1 aromatic rings. The molecule has 108 valence electrons. The van der Waals surface area contributed by atoms with Crippen LogP contribution in [0.25, 0.3) is 0 Å². The second kappa shape index (κ2) is 5.54. The van der Waals surface area contributed by atoms with Crippen molar-refractivity contribution in [1.82, 2.24) is 4.90 Å². The fourth-order valence-electron chi connectivity index (χ4n) is 2.25. The van der Waals surface area contributed by atoms with Gasteiger partial charge in [0, 0.05) is 13.0 Å². The third kappa shape index (κ3) is 2.93. The highest BCUT2D eigenvalue weighted by Gasteiger charge is 2.38. The van der Waals surface area contributed by atoms with E-state index in [-0.39, 0.29) is 24.9 Å². The average molecular weight is 285 g/mol. The molecule has 0 spiro atoms. The third-order valence-corrected chi connectivity index (χ3v) is 3.22. The van der Waals surface area contributed by atoms with Crippen LogP contribution in [0.5, 0.6) is 0 Å². The van der Waals surface area contributed by atoms with E-state index in [0.29, 0.717) is 0 Å². The van der Waals surface area contributed by atoms with Crippen LogP contribution in [0.15, 0.2) is 18.2 Å². The monoisotopic (exact) mass is 285 g/mol. The normalized spacial score (nSPS) is 22.1. The Balaban J connectivity index is 2.11. The standard InChI is InChI=1S/C13H13F2NO4/c14-9-2-1-7(3-10(9)15)4-12(18)16-6-8(17)5-11(16)13(19)20/h1-3,8,11,17H,4-6H2,(H,19,20)/t8-,11+/m1/s1. The third-order valence-electron chi connectivity index (χ3n) is 3.22. The summed E-state index contributed by atoms with van der Waals surface area (Å²) in [6.45, 7) is -0.0700. The first-order valence-corrected chi connectivity index (χ1v) is 6.02. The zero-order valence-corrected chi connectivity index (χ0v) is 10.4. The molecule has 7 heteroatoms. The van der Waals surface area contributed by atoms with Crippen molar-refractivity contribution in [2.24, 2.45) is 0 Å². The van der Waals surface area contributed by atoms with Crippen molar-refractivity contribution >= 4 is 11.9 Å². The Kier molecular flexibility index (Phi) is 3.99. The van der Waals surface area contributed by atoms with Gasteiger partial charge >= 0.3 is 5.97 Å². The number of hydrogen-bond acceptors (Lipinski definition) is 3. The summed E-state index contributed by atoms with van der Waals surface area (Å²) >= 11 is 0. The molecule has 0 saturated carbocycles. The highest BCUT2D eigenvalue weighted by atomic mass is 19.2. The molecule has 0 bridgehead atoms. The first-order chi connectivity index (χ1) is 9.38. The molecule has 1 amide bonds. The zero-order chi connectivity index (χ0) is 14.9. The lowest BCUT2D eigenvalue weighted by molar-refractivity contribution is -0.148. The first kappa shape index (κ1) is 14.4. The number of rotatable bonds is 3. The van der Waals surface area contributed by atoms with Crippen LogP contribution in [-0.4, -0.2) is 45.7 Å². The van der Waals surface area contributed by atoms with Crippen molar-refractivity contribution in [2.75, 3.05) is 6.54 Å². The zero-order valence-electron chi connectivity index (χ0n) is 10.4. The van der Waals surface area contributed by atoms with Crippen molar-refractivity contribution in [3.05, 3.63) is 35.4 Å². The topological polar surface area (TPSA) is 77.8 Å². The largest absolute Gasteiger partial charge is 0.480 e. The molecule has 5 nitrogen and oxygen atoms in total. The van der Waals surface area contributed by atoms with Crippen molar-refractivity contribution < 1.29 is 28.6 Å². The van der Waals surface area contributed by atoms with Gasteiger partial charge in [-0.15, -0.1) is 0 Å². The number of β-amino-alcohol motifs (C(OH)–C–C–N with tert-alkyl or cyclic N) is 1. The Bertz CT molecular complexity index is 549. The summed E-state index contributed by atoms with van der Waals surface area (Å²) < 4.78 is 25.8. The summed E-state index contributed by atoms with van der Waals surface area (Å²) in [5, 5.41) is 18.4. The number of benzene rings is 1. The molecule has 2 atom stereocenters. The van der Waals surface area contributed by atoms with Gasteiger partial charge in [0.15, 0.2) is 11.6 Å². The Morgan fingerprint density at radius 3 is 2.60 bits per heavy atom. The molecule has 1 aliphatic heterocycles. The summed E-state index contributed by atoms with van der Waals surface area (Å²) in [5.74, 6) is -3.81. The highest BCUT2D eigenvalue weighted by molar-refractivity contribution is 5.85. The summed E-state index contributed by atoms with van der Waals surface area (Å²) in [6, 6.07) is 1.99. The number of nitrogens with zero attached hydrogens (tertiary/aromatic N) is 1. The van der Waals surface area contributed by atoms with Crippen LogP contribution in [0.4, 0.5) is 8.78 Å². The van der Waals surface area contributed by atoms with E-state index in [9.17, 15) is 23.5 Å². The van der Waals surface area contributed by atoms with Crippen LogP contribution in [0.3, 0.4) is 0 Å². The molecule has 20 heavy (non-hydrogen) atoms. The minimum Gasteiger partial charge on any atom is -0.480 e. The van der Waals surface area contributed by atoms with Crippen molar-refractivity contribution in [3.63, 3.8) is 0 Å². The Morgan fingerprint density at radius 1 is 1.30 bits per heavy atom. The average Bonchev–Trinajstić information content (AvgIpc) is 2.76. The maximum Gasteiger partial charge on any atom is 0.326 e. The van der Waals surface area contributed by atoms with Gasteiger partial charge in [-0.2, -0.15) is 0 Å². The van der Waals surface area contributed by atoms with E-state index in [1.54, 1.807) is 0 Å². The number of aliphatic carboxylic acids is 1. The van der Waals surface area contributed by atoms with E-state index in [1.165, 1.54) is 6.07 Å². The van der Waals surface area contributed by atoms with Gasteiger partial charge in [0.1, 0.15) is 6.04 Å². The van der Waals surface area contributed by atoms with Gasteiger partial charge in [0.05, 0.1) is 12.5 Å². The Hall–Kier alpha value is -2.02. The van der Waals surface area contributed by atoms with Crippen LogP contribution in [0, 0.1) is 11.6 Å². The van der Waals surface area contributed by atoms with Crippen LogP contribution >= 0.6 is 0 Å². The van der Waals surface area contributed by atoms with Crippen LogP contribution in [0.2, 0.25) is 0 Å². The molecule has 2 N–H and O–H groups in total. The quantitative estimate of drug-likeness (QED) is 0.850. The maximum absolute atomic E-state index is 13.0. The number of hydrogen-bond donors (Lipinski definition) is 2. The van der Waals surface area contributed by atoms with Gasteiger partial charge in [-0.05, 0) is 17.7 Å². The summed E-state index contributed by atoms with van der Waals surface area (Å²) in [6.07, 6.45) is -1.16. The van der Waals surface area contributed by atoms with Crippen molar-refractivity contribution in [2.45, 2.75) is 25.0 Å². The number of aliphatic hydroxyl groups excluding tert-OH is 1. The number of carboxylic acid groups (broad SMARTS) is 1. The summed E-state index contributed by atoms with van der Waals surface area (Å²) in [5.41, 5.74) is 0.249. The SMILES string of the molecule is O=C(O)[C@@H]1C[C@@H](O)CN1C(=O)Cc1ccc(F)c(F)c1. The lowest BCUT2D eigenvalue weighted by Gasteiger charge is -2.21. The molecule has 0 radical (unpaired) electrons. The molecule has 1 saturated heterocycles. The molecule has 2 rings (SSSR count). The molecule has 1 aliphatic rings. The molecule has 1 fully saturated rings. The van der Waals surface area contributed by atoms with Gasteiger partial charge in [0.2, 0.25) is 5.91 Å². The maximum atomic E-state index is 13.0. The molecule has 1 heterocycles. The molecular weight excluding hydrogens is 272 g/mol. The highest BCUT2D eigenvalue weighted by Crippen LogP contribution is 2.20. The number of aliphatic hydroxyl groups is 1. The lowest BCUT2D eigenvalue weighted by atomic mass is 10.1. The van der Waals surface area contributed by atoms with E-state index in [4.69, 9.17) is 5.11 Å². The number of carboxylic acids is 1. The van der Waals surface area contributed by atoms with E-state index < -0.39 is 35.7 Å². The molecule has 0 aromatic heterocycles. The molecular formula is C13H13F2NO4. The Labute approximate surface area is 113 Å². The van der Waals surface area contributed by atoms with Gasteiger partial charge in [-0.3, -0.25) is 4.79 Å². The number of amides is 1. The van der Waals surface area contributed by atoms with E-state index in [0.717, 1.165) is 17.0 Å². The smallest absolute Gasteiger partial charge is 0.326 e. The number of carbonyl (C=O) groups excluding carboxylic acids is 1. The van der Waals surface area contributed by atoms with Gasteiger partial charge in [-0.1, -0.05) is 6.07 Å². The lowest BCUT2D eigenvalue weighted by Crippen LogP contribution is -2.41. The van der Waals surface area contributed by atoms with Crippen molar-refractivity contribution in [3.8, 4) is 0 Å². The van der Waals surface area contributed by atoms with Crippen molar-refractivity contribution in [1.29, 1.82) is 0 Å². The fourth-order valence-corrected chi connectivity index (χ4v) is 2.25. The van der Waals surface area contributed by atoms with Gasteiger partial charge in [0.25, 0.3) is 0 Å². The predicted octanol–water partition coefficient (Wildman–Crippen LogP) is 0.554. The predicted molar refractivity (Wildman–Crippen MR) is 63.8 cm³/mol. The van der Waals surface area contributed by atoms with E-state index in [2.05, 4.69) is 0 Å². The number of halogens is 2.